The zero-order valence-corrected chi connectivity index (χ0v) is 12.2. The van der Waals surface area contributed by atoms with E-state index in [0.717, 1.165) is 0 Å². The predicted octanol–water partition coefficient (Wildman–Crippen LogP) is 1.52. The zero-order valence-electron chi connectivity index (χ0n) is 12.2. The molecule has 4 nitrogen and oxygen atoms in total. The average molecular weight is 297 g/mol. The molecule has 1 aliphatic rings. The van der Waals surface area contributed by atoms with E-state index in [0.29, 0.717) is 24.1 Å². The molecule has 1 amide bonds. The van der Waals surface area contributed by atoms with Crippen LogP contribution in [0.4, 0.5) is 0 Å². The predicted molar refractivity (Wildman–Crippen MR) is 83.1 cm³/mol. The smallest absolute Gasteiger partial charge is 0.264 e. The van der Waals surface area contributed by atoms with Crippen molar-refractivity contribution in [2.45, 2.75) is 18.1 Å². The van der Waals surface area contributed by atoms with Gasteiger partial charge < -0.3 is 15.1 Å². The van der Waals surface area contributed by atoms with Crippen LogP contribution < -0.4 is 0 Å². The monoisotopic (exact) mass is 297 g/mol. The molecule has 1 aliphatic heterocycles. The van der Waals surface area contributed by atoms with E-state index in [1.54, 1.807) is 48.5 Å². The van der Waals surface area contributed by atoms with E-state index in [2.05, 4.69) is 0 Å². The van der Waals surface area contributed by atoms with Crippen molar-refractivity contribution in [3.63, 3.8) is 0 Å². The second kappa shape index (κ2) is 5.91. The van der Waals surface area contributed by atoms with Crippen LogP contribution in [0.5, 0.6) is 0 Å². The number of carbonyl (C=O) groups excluding carboxylic acids is 1. The van der Waals surface area contributed by atoms with Crippen molar-refractivity contribution in [3.8, 4) is 0 Å². The molecule has 1 saturated heterocycles. The van der Waals surface area contributed by atoms with E-state index in [1.807, 2.05) is 12.1 Å². The first kappa shape index (κ1) is 14.8. The number of nitrogens with zero attached hydrogens (tertiary/aromatic N) is 1. The molecule has 2 N–H and O–H groups in total. The fourth-order valence-corrected chi connectivity index (χ4v) is 2.93. The Kier molecular flexibility index (Phi) is 3.96. The molecule has 0 saturated carbocycles. The number of amides is 1. The molecule has 1 heterocycles. The SMILES string of the molecule is O=C(N1CC[C@H](O)C1)C(O)(c1ccccc1)c1ccccc1. The number of hydrogen-bond donors (Lipinski definition) is 2. The third-order valence-corrected chi connectivity index (χ3v) is 4.14. The van der Waals surface area contributed by atoms with Crippen molar-refractivity contribution in [3.05, 3.63) is 71.8 Å². The molecule has 114 valence electrons. The highest BCUT2D eigenvalue weighted by atomic mass is 16.3. The van der Waals surface area contributed by atoms with Gasteiger partial charge in [-0.1, -0.05) is 60.7 Å². The summed E-state index contributed by atoms with van der Waals surface area (Å²) in [5.41, 5.74) is -0.660. The first-order valence-electron chi connectivity index (χ1n) is 7.43. The third-order valence-electron chi connectivity index (χ3n) is 4.14. The van der Waals surface area contributed by atoms with Gasteiger partial charge in [0.15, 0.2) is 5.60 Å². The Morgan fingerprint density at radius 2 is 1.50 bits per heavy atom. The summed E-state index contributed by atoms with van der Waals surface area (Å²) >= 11 is 0. The Labute approximate surface area is 129 Å². The van der Waals surface area contributed by atoms with Crippen LogP contribution in [0.3, 0.4) is 0 Å². The maximum absolute atomic E-state index is 13.0. The molecule has 0 aromatic heterocycles. The maximum atomic E-state index is 13.0. The minimum atomic E-state index is -1.73. The number of benzene rings is 2. The van der Waals surface area contributed by atoms with Gasteiger partial charge in [0.05, 0.1) is 6.10 Å². The lowest BCUT2D eigenvalue weighted by Gasteiger charge is -2.32. The Morgan fingerprint density at radius 3 is 1.91 bits per heavy atom. The van der Waals surface area contributed by atoms with E-state index in [1.165, 1.54) is 4.90 Å². The minimum Gasteiger partial charge on any atom is -0.391 e. The van der Waals surface area contributed by atoms with Gasteiger partial charge in [-0.05, 0) is 17.5 Å². The molecular weight excluding hydrogens is 278 g/mol. The number of aliphatic hydroxyl groups excluding tert-OH is 1. The number of carbonyl (C=O) groups is 1. The van der Waals surface area contributed by atoms with Crippen LogP contribution in [-0.2, 0) is 10.4 Å². The molecule has 1 fully saturated rings. The van der Waals surface area contributed by atoms with Crippen molar-refractivity contribution in [1.29, 1.82) is 0 Å². The fraction of sp³-hybridized carbons (Fsp3) is 0.278. The Hall–Kier alpha value is -2.17. The summed E-state index contributed by atoms with van der Waals surface area (Å²) in [6.45, 7) is 0.725. The van der Waals surface area contributed by atoms with Crippen molar-refractivity contribution < 1.29 is 15.0 Å². The highest BCUT2D eigenvalue weighted by Gasteiger charge is 2.44. The largest absolute Gasteiger partial charge is 0.391 e. The van der Waals surface area contributed by atoms with Gasteiger partial charge in [-0.3, -0.25) is 4.79 Å². The van der Waals surface area contributed by atoms with Crippen molar-refractivity contribution in [2.24, 2.45) is 0 Å². The van der Waals surface area contributed by atoms with Crippen molar-refractivity contribution in [1.82, 2.24) is 4.90 Å². The lowest BCUT2D eigenvalue weighted by molar-refractivity contribution is -0.147. The lowest BCUT2D eigenvalue weighted by Crippen LogP contribution is -2.47. The second-order valence-corrected chi connectivity index (χ2v) is 5.64. The van der Waals surface area contributed by atoms with E-state index in [9.17, 15) is 15.0 Å². The summed E-state index contributed by atoms with van der Waals surface area (Å²) in [6, 6.07) is 17.9. The number of aliphatic hydroxyl groups is 2. The second-order valence-electron chi connectivity index (χ2n) is 5.64. The van der Waals surface area contributed by atoms with Crippen LogP contribution in [0, 0.1) is 0 Å². The molecule has 0 bridgehead atoms. The number of hydrogen-bond acceptors (Lipinski definition) is 3. The molecule has 0 unspecified atom stereocenters. The molecule has 0 aliphatic carbocycles. The first-order valence-corrected chi connectivity index (χ1v) is 7.43. The van der Waals surface area contributed by atoms with Crippen LogP contribution in [0.25, 0.3) is 0 Å². The maximum Gasteiger partial charge on any atom is 0.264 e. The molecule has 4 heteroatoms. The van der Waals surface area contributed by atoms with Gasteiger partial charge in [-0.2, -0.15) is 0 Å². The zero-order chi connectivity index (χ0) is 15.6. The van der Waals surface area contributed by atoms with Gasteiger partial charge in [0.25, 0.3) is 5.91 Å². The number of likely N-dealkylation sites (tertiary alicyclic amines) is 1. The van der Waals surface area contributed by atoms with E-state index in [4.69, 9.17) is 0 Å². The fourth-order valence-electron chi connectivity index (χ4n) is 2.93. The summed E-state index contributed by atoms with van der Waals surface area (Å²) in [7, 11) is 0. The van der Waals surface area contributed by atoms with Crippen LogP contribution in [0.15, 0.2) is 60.7 Å². The molecule has 3 rings (SSSR count). The molecule has 2 aromatic carbocycles. The normalized spacial score (nSPS) is 18.5. The third kappa shape index (κ3) is 2.51. The summed E-state index contributed by atoms with van der Waals surface area (Å²) in [5, 5.41) is 21.0. The number of rotatable bonds is 3. The van der Waals surface area contributed by atoms with E-state index >= 15 is 0 Å². The summed E-state index contributed by atoms with van der Waals surface area (Å²) < 4.78 is 0. The van der Waals surface area contributed by atoms with Crippen LogP contribution in [0.2, 0.25) is 0 Å². The Bertz CT molecular complexity index is 602. The standard InChI is InChI=1S/C18H19NO3/c20-16-11-12-19(13-16)17(21)18(22,14-7-3-1-4-8-14)15-9-5-2-6-10-15/h1-10,16,20,22H,11-13H2/t16-/m0/s1. The lowest BCUT2D eigenvalue weighted by atomic mass is 9.85. The van der Waals surface area contributed by atoms with Crippen LogP contribution in [0.1, 0.15) is 17.5 Å². The number of β-amino-alcohol motifs (C(OH)–C–C–N with tert-alkyl or cyclic N) is 1. The van der Waals surface area contributed by atoms with Crippen molar-refractivity contribution >= 4 is 5.91 Å². The van der Waals surface area contributed by atoms with Crippen LogP contribution in [-0.4, -0.2) is 40.2 Å². The molecule has 0 spiro atoms. The van der Waals surface area contributed by atoms with E-state index in [-0.39, 0.29) is 12.5 Å². The summed E-state index contributed by atoms with van der Waals surface area (Å²) in [5.74, 6) is -0.388. The molecule has 2 aromatic rings. The first-order chi connectivity index (χ1) is 10.6. The Balaban J connectivity index is 2.06. The Morgan fingerprint density at radius 1 is 1.00 bits per heavy atom. The molecule has 22 heavy (non-hydrogen) atoms. The molecule has 0 radical (unpaired) electrons. The average Bonchev–Trinajstić information content (AvgIpc) is 3.01. The van der Waals surface area contributed by atoms with Crippen LogP contribution >= 0.6 is 0 Å². The summed E-state index contributed by atoms with van der Waals surface area (Å²) in [6.07, 6.45) is 0.0329. The molecular formula is C18H19NO3. The van der Waals surface area contributed by atoms with Gasteiger partial charge in [0.1, 0.15) is 0 Å². The topological polar surface area (TPSA) is 60.8 Å². The molecule has 1 atom stereocenters. The van der Waals surface area contributed by atoms with Gasteiger partial charge >= 0.3 is 0 Å². The quantitative estimate of drug-likeness (QED) is 0.903. The van der Waals surface area contributed by atoms with Gasteiger partial charge in [-0.15, -0.1) is 0 Å². The van der Waals surface area contributed by atoms with E-state index < -0.39 is 11.7 Å². The minimum absolute atomic E-state index is 0.265. The summed E-state index contributed by atoms with van der Waals surface area (Å²) in [4.78, 5) is 14.5. The van der Waals surface area contributed by atoms with Gasteiger partial charge in [0.2, 0.25) is 0 Å². The highest BCUT2D eigenvalue weighted by molar-refractivity contribution is 5.90. The van der Waals surface area contributed by atoms with Gasteiger partial charge in [0, 0.05) is 13.1 Å². The van der Waals surface area contributed by atoms with Gasteiger partial charge in [-0.25, -0.2) is 0 Å². The van der Waals surface area contributed by atoms with Crippen molar-refractivity contribution in [2.75, 3.05) is 13.1 Å². The highest BCUT2D eigenvalue weighted by Crippen LogP contribution is 2.32.